The highest BCUT2D eigenvalue weighted by molar-refractivity contribution is 7.15. The molecule has 0 saturated carbocycles. The highest BCUT2D eigenvalue weighted by atomic mass is 32.1. The van der Waals surface area contributed by atoms with Crippen LogP contribution in [-0.4, -0.2) is 16.1 Å². The third-order valence-corrected chi connectivity index (χ3v) is 4.12. The highest BCUT2D eigenvalue weighted by Crippen LogP contribution is 2.23. The Morgan fingerprint density at radius 1 is 1.19 bits per heavy atom. The summed E-state index contributed by atoms with van der Waals surface area (Å²) >= 11 is 1.29. The lowest BCUT2D eigenvalue weighted by Crippen LogP contribution is -2.12. The Morgan fingerprint density at radius 2 is 1.95 bits per heavy atom. The van der Waals surface area contributed by atoms with Crippen molar-refractivity contribution < 1.29 is 4.79 Å². The van der Waals surface area contributed by atoms with Crippen LogP contribution in [0.1, 0.15) is 28.3 Å². The van der Waals surface area contributed by atoms with Gasteiger partial charge in [0.05, 0.1) is 6.04 Å². The van der Waals surface area contributed by atoms with Crippen LogP contribution in [0.2, 0.25) is 0 Å². The van der Waals surface area contributed by atoms with E-state index in [9.17, 15) is 4.79 Å². The van der Waals surface area contributed by atoms with E-state index >= 15 is 0 Å². The Bertz CT molecular complexity index is 792. The second kappa shape index (κ2) is 5.59. The molecule has 1 atom stereocenters. The fourth-order valence-electron chi connectivity index (χ4n) is 2.06. The molecule has 6 heteroatoms. The lowest BCUT2D eigenvalue weighted by atomic mass is 10.0. The molecule has 0 bridgehead atoms. The van der Waals surface area contributed by atoms with Gasteiger partial charge in [-0.25, -0.2) is 0 Å². The van der Waals surface area contributed by atoms with Crippen LogP contribution in [0.3, 0.4) is 0 Å². The third-order valence-electron chi connectivity index (χ3n) is 3.08. The molecule has 0 aliphatic rings. The summed E-state index contributed by atoms with van der Waals surface area (Å²) in [5, 5.41) is 13.8. The molecule has 1 heterocycles. The first-order chi connectivity index (χ1) is 10.1. The maximum atomic E-state index is 12.4. The van der Waals surface area contributed by atoms with Gasteiger partial charge in [0.15, 0.2) is 0 Å². The number of fused-ring (bicyclic) bond motifs is 1. The molecule has 21 heavy (non-hydrogen) atoms. The molecule has 3 aromatic rings. The molecule has 0 spiro atoms. The molecule has 0 radical (unpaired) electrons. The summed E-state index contributed by atoms with van der Waals surface area (Å²) in [6, 6.07) is 13.2. The largest absolute Gasteiger partial charge is 0.322 e. The number of aromatic nitrogens is 2. The topological polar surface area (TPSA) is 80.9 Å². The van der Waals surface area contributed by atoms with Crippen molar-refractivity contribution in [1.29, 1.82) is 0 Å². The van der Waals surface area contributed by atoms with Gasteiger partial charge in [0.1, 0.15) is 5.01 Å². The van der Waals surface area contributed by atoms with Crippen molar-refractivity contribution in [2.45, 2.75) is 13.0 Å². The Morgan fingerprint density at radius 3 is 2.71 bits per heavy atom. The summed E-state index contributed by atoms with van der Waals surface area (Å²) in [4.78, 5) is 12.4. The van der Waals surface area contributed by atoms with Crippen molar-refractivity contribution in [1.82, 2.24) is 10.2 Å². The third kappa shape index (κ3) is 2.76. The van der Waals surface area contributed by atoms with Gasteiger partial charge < -0.3 is 5.73 Å². The first-order valence-corrected chi connectivity index (χ1v) is 7.35. The molecular formula is C15H14N4OS. The van der Waals surface area contributed by atoms with Gasteiger partial charge in [-0.1, -0.05) is 47.7 Å². The van der Waals surface area contributed by atoms with Crippen LogP contribution in [0, 0.1) is 0 Å². The molecule has 3 rings (SSSR count). The van der Waals surface area contributed by atoms with Gasteiger partial charge in [-0.3, -0.25) is 10.1 Å². The highest BCUT2D eigenvalue weighted by Gasteiger charge is 2.13. The lowest BCUT2D eigenvalue weighted by Gasteiger charge is -2.05. The number of nitrogens with one attached hydrogen (secondary N) is 1. The van der Waals surface area contributed by atoms with E-state index in [1.807, 2.05) is 43.3 Å². The zero-order valence-corrected chi connectivity index (χ0v) is 12.2. The molecule has 106 valence electrons. The molecule has 2 aromatic carbocycles. The summed E-state index contributed by atoms with van der Waals surface area (Å²) < 4.78 is 0. The molecular weight excluding hydrogens is 284 g/mol. The average Bonchev–Trinajstić information content (AvgIpc) is 2.95. The van der Waals surface area contributed by atoms with Crippen molar-refractivity contribution >= 4 is 33.1 Å². The molecule has 1 amide bonds. The zero-order chi connectivity index (χ0) is 14.8. The molecule has 0 fully saturated rings. The van der Waals surface area contributed by atoms with E-state index in [0.29, 0.717) is 15.7 Å². The van der Waals surface area contributed by atoms with E-state index in [2.05, 4.69) is 15.5 Å². The maximum Gasteiger partial charge on any atom is 0.258 e. The summed E-state index contributed by atoms with van der Waals surface area (Å²) in [6.07, 6.45) is 0. The quantitative estimate of drug-likeness (QED) is 0.779. The monoisotopic (exact) mass is 298 g/mol. The molecule has 3 N–H and O–H groups in total. The van der Waals surface area contributed by atoms with Crippen LogP contribution in [0.4, 0.5) is 5.13 Å². The summed E-state index contributed by atoms with van der Waals surface area (Å²) in [7, 11) is 0. The van der Waals surface area contributed by atoms with Gasteiger partial charge in [-0.2, -0.15) is 0 Å². The van der Waals surface area contributed by atoms with Gasteiger partial charge in [0.2, 0.25) is 5.13 Å². The number of hydrogen-bond donors (Lipinski definition) is 2. The fourth-order valence-corrected chi connectivity index (χ4v) is 2.75. The smallest absolute Gasteiger partial charge is 0.258 e. The van der Waals surface area contributed by atoms with Gasteiger partial charge in [0, 0.05) is 5.56 Å². The predicted molar refractivity (Wildman–Crippen MR) is 84.4 cm³/mol. The van der Waals surface area contributed by atoms with Gasteiger partial charge in [-0.15, -0.1) is 10.2 Å². The van der Waals surface area contributed by atoms with Crippen molar-refractivity contribution in [2.24, 2.45) is 5.73 Å². The summed E-state index contributed by atoms with van der Waals surface area (Å²) in [5.74, 6) is -0.195. The maximum absolute atomic E-state index is 12.4. The van der Waals surface area contributed by atoms with Crippen LogP contribution >= 0.6 is 11.3 Å². The first kappa shape index (κ1) is 13.7. The van der Waals surface area contributed by atoms with Crippen molar-refractivity contribution in [3.8, 4) is 0 Å². The van der Waals surface area contributed by atoms with E-state index in [1.54, 1.807) is 6.07 Å². The second-order valence-electron chi connectivity index (χ2n) is 4.71. The minimum atomic E-state index is -0.195. The van der Waals surface area contributed by atoms with Gasteiger partial charge in [0.25, 0.3) is 5.91 Å². The Balaban J connectivity index is 1.90. The lowest BCUT2D eigenvalue weighted by molar-refractivity contribution is 0.102. The van der Waals surface area contributed by atoms with E-state index < -0.39 is 0 Å². The molecule has 0 aliphatic heterocycles. The molecule has 1 unspecified atom stereocenters. The molecule has 5 nitrogen and oxygen atoms in total. The normalized spacial score (nSPS) is 12.3. The fraction of sp³-hybridized carbons (Fsp3) is 0.133. The van der Waals surface area contributed by atoms with Gasteiger partial charge >= 0.3 is 0 Å². The molecule has 0 aliphatic carbocycles. The first-order valence-electron chi connectivity index (χ1n) is 6.53. The predicted octanol–water partition coefficient (Wildman–Crippen LogP) is 2.96. The van der Waals surface area contributed by atoms with E-state index in [0.717, 1.165) is 10.8 Å². The average molecular weight is 298 g/mol. The standard InChI is InChI=1S/C15H14N4OS/c1-9(16)14-18-19-15(21-14)17-13(20)12-8-4-6-10-5-2-3-7-11(10)12/h2-9H,16H2,1H3,(H,17,19,20). The van der Waals surface area contributed by atoms with Crippen LogP contribution in [0.15, 0.2) is 42.5 Å². The number of carbonyl (C=O) groups is 1. The van der Waals surface area contributed by atoms with E-state index in [1.165, 1.54) is 11.3 Å². The summed E-state index contributed by atoms with van der Waals surface area (Å²) in [6.45, 7) is 1.83. The minimum Gasteiger partial charge on any atom is -0.322 e. The zero-order valence-electron chi connectivity index (χ0n) is 11.4. The number of carbonyl (C=O) groups excluding carboxylic acids is 1. The van der Waals surface area contributed by atoms with Crippen LogP contribution in [0.25, 0.3) is 10.8 Å². The number of nitrogens with two attached hydrogens (primary N) is 1. The number of amides is 1. The minimum absolute atomic E-state index is 0.189. The number of benzene rings is 2. The van der Waals surface area contributed by atoms with Crippen LogP contribution < -0.4 is 11.1 Å². The summed E-state index contributed by atoms with van der Waals surface area (Å²) in [5.41, 5.74) is 6.35. The van der Waals surface area contributed by atoms with Crippen molar-refractivity contribution in [3.05, 3.63) is 53.0 Å². The SMILES string of the molecule is CC(N)c1nnc(NC(=O)c2cccc3ccccc23)s1. The van der Waals surface area contributed by atoms with Crippen LogP contribution in [-0.2, 0) is 0 Å². The number of hydrogen-bond acceptors (Lipinski definition) is 5. The van der Waals surface area contributed by atoms with Crippen LogP contribution in [0.5, 0.6) is 0 Å². The van der Waals surface area contributed by atoms with Crippen molar-refractivity contribution in [2.75, 3.05) is 5.32 Å². The van der Waals surface area contributed by atoms with Crippen molar-refractivity contribution in [3.63, 3.8) is 0 Å². The molecule has 0 saturated heterocycles. The van der Waals surface area contributed by atoms with E-state index in [-0.39, 0.29) is 11.9 Å². The number of rotatable bonds is 3. The van der Waals surface area contributed by atoms with E-state index in [4.69, 9.17) is 5.73 Å². The Hall–Kier alpha value is -2.31. The molecule has 1 aromatic heterocycles. The van der Waals surface area contributed by atoms with Gasteiger partial charge in [-0.05, 0) is 23.8 Å². The Labute approximate surface area is 125 Å². The number of nitrogens with zero attached hydrogens (tertiary/aromatic N) is 2. The Kier molecular flexibility index (Phi) is 3.64. The number of anilines is 1. The second-order valence-corrected chi connectivity index (χ2v) is 5.72.